The third kappa shape index (κ3) is 2.95. The van der Waals surface area contributed by atoms with E-state index in [9.17, 15) is 9.90 Å². The lowest BCUT2D eigenvalue weighted by Gasteiger charge is -2.37. The Morgan fingerprint density at radius 2 is 2.41 bits per heavy atom. The molecule has 2 heterocycles. The first kappa shape index (κ1) is 12.3. The molecule has 6 nitrogen and oxygen atoms in total. The number of aromatic nitrogens is 3. The van der Waals surface area contributed by atoms with E-state index < -0.39 is 0 Å². The Balaban J connectivity index is 2.03. The molecule has 1 fully saturated rings. The van der Waals surface area contributed by atoms with Gasteiger partial charge in [0.25, 0.3) is 0 Å². The number of aliphatic hydroxyl groups is 1. The van der Waals surface area contributed by atoms with Crippen molar-refractivity contribution >= 4 is 0 Å². The predicted octanol–water partition coefficient (Wildman–Crippen LogP) is 0.223. The van der Waals surface area contributed by atoms with Crippen LogP contribution in [0.2, 0.25) is 0 Å². The largest absolute Gasteiger partial charge is 0.392 e. The minimum atomic E-state index is -0.291. The Morgan fingerprint density at radius 1 is 1.59 bits per heavy atom. The maximum absolute atomic E-state index is 11.0. The van der Waals surface area contributed by atoms with Crippen molar-refractivity contribution in [2.45, 2.75) is 51.3 Å². The number of aliphatic hydroxyl groups excluding tert-OH is 1. The van der Waals surface area contributed by atoms with E-state index in [4.69, 9.17) is 0 Å². The molecule has 2 atom stereocenters. The lowest BCUT2D eigenvalue weighted by Crippen LogP contribution is -2.46. The van der Waals surface area contributed by atoms with Gasteiger partial charge in [0.1, 0.15) is 5.82 Å². The van der Waals surface area contributed by atoms with Gasteiger partial charge in [-0.2, -0.15) is 5.10 Å². The molecule has 0 bridgehead atoms. The summed E-state index contributed by atoms with van der Waals surface area (Å²) in [4.78, 5) is 15.8. The molecule has 1 aromatic rings. The molecule has 0 spiro atoms. The lowest BCUT2D eigenvalue weighted by molar-refractivity contribution is 0.0182. The zero-order chi connectivity index (χ0) is 12.3. The monoisotopic (exact) mass is 240 g/mol. The van der Waals surface area contributed by atoms with Crippen molar-refractivity contribution in [3.8, 4) is 0 Å². The topological polar surface area (TPSA) is 85.0 Å². The van der Waals surface area contributed by atoms with Crippen LogP contribution in [0, 0.1) is 0 Å². The first-order valence-electron chi connectivity index (χ1n) is 6.26. The number of hydrogen-bond acceptors (Lipinski definition) is 4. The second-order valence-corrected chi connectivity index (χ2v) is 4.63. The van der Waals surface area contributed by atoms with Crippen molar-refractivity contribution < 1.29 is 5.11 Å². The van der Waals surface area contributed by atoms with Crippen LogP contribution >= 0.6 is 0 Å². The fourth-order valence-electron chi connectivity index (χ4n) is 2.49. The van der Waals surface area contributed by atoms with Crippen LogP contribution in [0.25, 0.3) is 0 Å². The predicted molar refractivity (Wildman–Crippen MR) is 63.6 cm³/mol. The van der Waals surface area contributed by atoms with E-state index in [2.05, 4.69) is 20.1 Å². The van der Waals surface area contributed by atoms with Crippen LogP contribution in [0.3, 0.4) is 0 Å². The molecule has 1 aliphatic heterocycles. The molecule has 2 rings (SSSR count). The molecule has 3 N–H and O–H groups in total. The van der Waals surface area contributed by atoms with Gasteiger partial charge >= 0.3 is 5.69 Å². The molecular weight excluding hydrogens is 220 g/mol. The summed E-state index contributed by atoms with van der Waals surface area (Å²) in [7, 11) is 0. The van der Waals surface area contributed by atoms with E-state index in [-0.39, 0.29) is 17.8 Å². The third-order valence-corrected chi connectivity index (χ3v) is 3.43. The number of aromatic amines is 2. The Bertz CT molecular complexity index is 400. The summed E-state index contributed by atoms with van der Waals surface area (Å²) in [6.45, 7) is 3.55. The van der Waals surface area contributed by atoms with E-state index in [1.165, 1.54) is 0 Å². The number of hydrogen-bond donors (Lipinski definition) is 3. The highest BCUT2D eigenvalue weighted by molar-refractivity contribution is 4.88. The number of piperidine rings is 1. The third-order valence-electron chi connectivity index (χ3n) is 3.43. The van der Waals surface area contributed by atoms with Crippen LogP contribution in [0.4, 0.5) is 0 Å². The van der Waals surface area contributed by atoms with Gasteiger partial charge in [0.2, 0.25) is 0 Å². The van der Waals surface area contributed by atoms with Crippen LogP contribution in [0.5, 0.6) is 0 Å². The highest BCUT2D eigenvalue weighted by Crippen LogP contribution is 2.22. The molecule has 0 radical (unpaired) electrons. The lowest BCUT2D eigenvalue weighted by atomic mass is 9.96. The van der Waals surface area contributed by atoms with Crippen LogP contribution in [0.1, 0.15) is 38.4 Å². The zero-order valence-corrected chi connectivity index (χ0v) is 10.1. The highest BCUT2D eigenvalue weighted by atomic mass is 16.3. The maximum atomic E-state index is 11.0. The van der Waals surface area contributed by atoms with Crippen molar-refractivity contribution in [2.75, 3.05) is 6.54 Å². The minimum Gasteiger partial charge on any atom is -0.392 e. The number of rotatable bonds is 4. The summed E-state index contributed by atoms with van der Waals surface area (Å²) in [6, 6.07) is 0.189. The molecule has 2 unspecified atom stereocenters. The number of likely N-dealkylation sites (tertiary alicyclic amines) is 1. The highest BCUT2D eigenvalue weighted by Gasteiger charge is 2.28. The van der Waals surface area contributed by atoms with Crippen LogP contribution < -0.4 is 5.69 Å². The molecule has 0 aliphatic carbocycles. The number of nitrogens with one attached hydrogen (secondary N) is 2. The Kier molecular flexibility index (Phi) is 3.96. The number of H-pyrrole nitrogens is 2. The molecule has 0 aromatic carbocycles. The van der Waals surface area contributed by atoms with Gasteiger partial charge in [0, 0.05) is 6.04 Å². The Labute approximate surface area is 100 Å². The molecule has 96 valence electrons. The van der Waals surface area contributed by atoms with Gasteiger partial charge in [-0.25, -0.2) is 9.89 Å². The second-order valence-electron chi connectivity index (χ2n) is 4.63. The standard InChI is InChI=1S/C11H20N4O2/c1-2-9(16)8-5-3-4-6-15(8)7-10-12-11(17)14-13-10/h8-9,16H,2-7H2,1H3,(H2,12,13,14,17). The van der Waals surface area contributed by atoms with Gasteiger partial charge in [0.05, 0.1) is 12.6 Å². The van der Waals surface area contributed by atoms with Crippen LogP contribution in [0.15, 0.2) is 4.79 Å². The fourth-order valence-corrected chi connectivity index (χ4v) is 2.49. The van der Waals surface area contributed by atoms with Gasteiger partial charge in [0.15, 0.2) is 0 Å². The van der Waals surface area contributed by atoms with E-state index in [1.807, 2.05) is 6.92 Å². The van der Waals surface area contributed by atoms with E-state index in [1.54, 1.807) is 0 Å². The molecule has 0 saturated carbocycles. The molecule has 1 aromatic heterocycles. The first-order chi connectivity index (χ1) is 8.20. The average molecular weight is 240 g/mol. The molecule has 0 amide bonds. The zero-order valence-electron chi connectivity index (χ0n) is 10.1. The summed E-state index contributed by atoms with van der Waals surface area (Å²) in [5.41, 5.74) is -0.274. The van der Waals surface area contributed by atoms with E-state index in [0.717, 1.165) is 32.2 Å². The van der Waals surface area contributed by atoms with Crippen LogP contribution in [-0.4, -0.2) is 43.9 Å². The van der Waals surface area contributed by atoms with Gasteiger partial charge in [-0.15, -0.1) is 0 Å². The van der Waals surface area contributed by atoms with Crippen molar-refractivity contribution in [2.24, 2.45) is 0 Å². The summed E-state index contributed by atoms with van der Waals surface area (Å²) < 4.78 is 0. The molecule has 1 saturated heterocycles. The molecule has 1 aliphatic rings. The van der Waals surface area contributed by atoms with Gasteiger partial charge in [-0.1, -0.05) is 13.3 Å². The molecule has 17 heavy (non-hydrogen) atoms. The number of nitrogens with zero attached hydrogens (tertiary/aromatic N) is 2. The van der Waals surface area contributed by atoms with Crippen molar-refractivity contribution in [3.05, 3.63) is 16.3 Å². The molecule has 6 heteroatoms. The molecular formula is C11H20N4O2. The Hall–Kier alpha value is -1.14. The summed E-state index contributed by atoms with van der Waals surface area (Å²) in [6.07, 6.45) is 3.79. The van der Waals surface area contributed by atoms with Crippen molar-refractivity contribution in [1.29, 1.82) is 0 Å². The second kappa shape index (κ2) is 5.46. The van der Waals surface area contributed by atoms with Crippen molar-refractivity contribution in [1.82, 2.24) is 20.1 Å². The fraction of sp³-hybridized carbons (Fsp3) is 0.818. The van der Waals surface area contributed by atoms with Crippen LogP contribution in [-0.2, 0) is 6.54 Å². The van der Waals surface area contributed by atoms with Gasteiger partial charge in [-0.3, -0.25) is 9.88 Å². The minimum absolute atomic E-state index is 0.189. The summed E-state index contributed by atoms with van der Waals surface area (Å²) in [5.74, 6) is 0.644. The quantitative estimate of drug-likeness (QED) is 0.703. The van der Waals surface area contributed by atoms with Crippen molar-refractivity contribution in [3.63, 3.8) is 0 Å². The van der Waals surface area contributed by atoms with E-state index in [0.29, 0.717) is 12.4 Å². The summed E-state index contributed by atoms with van der Waals surface area (Å²) >= 11 is 0. The van der Waals surface area contributed by atoms with E-state index >= 15 is 0 Å². The maximum Gasteiger partial charge on any atom is 0.340 e. The smallest absolute Gasteiger partial charge is 0.340 e. The Morgan fingerprint density at radius 3 is 3.06 bits per heavy atom. The SMILES string of the molecule is CCC(O)C1CCCCN1Cc1n[nH]c(=O)[nH]1. The normalized spacial score (nSPS) is 23.8. The van der Waals surface area contributed by atoms with Gasteiger partial charge < -0.3 is 5.11 Å². The summed E-state index contributed by atoms with van der Waals surface area (Å²) in [5, 5.41) is 16.3. The first-order valence-corrected chi connectivity index (χ1v) is 6.26. The average Bonchev–Trinajstić information content (AvgIpc) is 2.74. The van der Waals surface area contributed by atoms with Gasteiger partial charge in [-0.05, 0) is 25.8 Å².